The van der Waals surface area contributed by atoms with Gasteiger partial charge in [0.05, 0.1) is 0 Å². The number of rotatable bonds is 2. The predicted molar refractivity (Wildman–Crippen MR) is 47.6 cm³/mol. The topological polar surface area (TPSA) is 12.8 Å². The van der Waals surface area contributed by atoms with Crippen molar-refractivity contribution in [1.29, 1.82) is 0 Å². The molecule has 0 aliphatic carbocycles. The van der Waals surface area contributed by atoms with Crippen molar-refractivity contribution in [2.24, 2.45) is 0 Å². The predicted octanol–water partition coefficient (Wildman–Crippen LogP) is 2.84. The Bertz CT molecular complexity index is 228. The van der Waals surface area contributed by atoms with Crippen LogP contribution in [0.2, 0.25) is 0 Å². The van der Waals surface area contributed by atoms with Gasteiger partial charge in [-0.05, 0) is 18.6 Å². The minimum absolute atomic E-state index is 0.566. The third-order valence-corrected chi connectivity index (χ3v) is 1.72. The largest absolute Gasteiger partial charge is 0.722 e. The van der Waals surface area contributed by atoms with Crippen molar-refractivity contribution in [3.8, 4) is 5.75 Å². The van der Waals surface area contributed by atoms with Gasteiger partial charge in [0, 0.05) is 12.1 Å². The zero-order chi connectivity index (χ0) is 8.27. The summed E-state index contributed by atoms with van der Waals surface area (Å²) < 4.78 is 3.86. The van der Waals surface area contributed by atoms with Crippen LogP contribution in [-0.2, 0) is 0 Å². The molecule has 0 fully saturated rings. The van der Waals surface area contributed by atoms with Gasteiger partial charge in [-0.1, -0.05) is 26.0 Å². The fraction of sp³-hybridized carbons (Fsp3) is 0.300. The second kappa shape index (κ2) is 3.42. The molecule has 1 rings (SSSR count). The van der Waals surface area contributed by atoms with E-state index in [1.807, 2.05) is 12.1 Å². The average molecular weight is 150 g/mol. The number of aromatic hydroxyl groups is 1. The summed E-state index contributed by atoms with van der Waals surface area (Å²) in [7, 11) is 3.48. The molecule has 0 saturated carbocycles. The average Bonchev–Trinajstić information content (AvgIpc) is 2.05. The summed E-state index contributed by atoms with van der Waals surface area (Å²) in [6, 6.07) is 8.15. The van der Waals surface area contributed by atoms with E-state index in [2.05, 4.69) is 37.8 Å². The maximum Gasteiger partial charge on any atom is 0.226 e. The summed E-state index contributed by atoms with van der Waals surface area (Å²) >= 11 is 0. The molecule has 0 aliphatic heterocycles. The van der Waals surface area contributed by atoms with Crippen LogP contribution in [0.3, 0.4) is 0 Å². The fourth-order valence-corrected chi connectivity index (χ4v) is 0.982. The quantitative estimate of drug-likeness (QED) is 0.454. The first-order valence-electron chi connectivity index (χ1n) is 3.80. The summed E-state index contributed by atoms with van der Waals surface area (Å²) in [4.78, 5) is 0. The van der Waals surface area contributed by atoms with E-state index in [1.54, 1.807) is 0 Å². The second-order valence-corrected chi connectivity index (χ2v) is 2.91. The van der Waals surface area contributed by atoms with Gasteiger partial charge in [-0.15, -0.1) is 0 Å². The van der Waals surface area contributed by atoms with E-state index in [4.69, 9.17) is 0 Å². The van der Waals surface area contributed by atoms with Gasteiger partial charge in [-0.25, -0.2) is 0 Å². The van der Waals surface area contributed by atoms with Crippen molar-refractivity contribution in [3.63, 3.8) is 0 Å². The van der Waals surface area contributed by atoms with Crippen LogP contribution in [0.25, 0.3) is 0 Å². The van der Waals surface area contributed by atoms with Gasteiger partial charge in [-0.3, -0.25) is 0 Å². The second-order valence-electron chi connectivity index (χ2n) is 2.91. The van der Waals surface area contributed by atoms with Gasteiger partial charge in [0.2, 0.25) is 5.75 Å². The Labute approximate surface area is 68.0 Å². The SMILES string of the molecule is [CH2-][OH+]c1cccc(C(C)C)c1. The summed E-state index contributed by atoms with van der Waals surface area (Å²) in [5.41, 5.74) is 1.31. The molecule has 1 N–H and O–H groups in total. The molecule has 11 heavy (non-hydrogen) atoms. The Kier molecular flexibility index (Phi) is 2.53. The lowest BCUT2D eigenvalue weighted by Crippen LogP contribution is -1.86. The van der Waals surface area contributed by atoms with Gasteiger partial charge in [0.1, 0.15) is 0 Å². The standard InChI is InChI=1S/C10H14O/c1-8(2)9-5-4-6-10(7-9)11-3/h4-8,11H,3H2,1-2H3. The Balaban J connectivity index is 2.91. The Morgan fingerprint density at radius 3 is 2.64 bits per heavy atom. The molecule has 0 unspecified atom stereocenters. The lowest BCUT2D eigenvalue weighted by atomic mass is 10.0. The maximum atomic E-state index is 3.86. The Hall–Kier alpha value is -0.980. The molecule has 0 amide bonds. The first-order chi connectivity index (χ1) is 5.24. The number of hydrogen-bond donors (Lipinski definition) is 0. The van der Waals surface area contributed by atoms with Crippen molar-refractivity contribution in [1.82, 2.24) is 0 Å². The van der Waals surface area contributed by atoms with Crippen molar-refractivity contribution >= 4 is 0 Å². The summed E-state index contributed by atoms with van der Waals surface area (Å²) in [5, 5.41) is 0. The monoisotopic (exact) mass is 150 g/mol. The van der Waals surface area contributed by atoms with Crippen LogP contribution in [0.5, 0.6) is 5.75 Å². The first kappa shape index (κ1) is 8.12. The van der Waals surface area contributed by atoms with Crippen LogP contribution >= 0.6 is 0 Å². The van der Waals surface area contributed by atoms with Gasteiger partial charge >= 0.3 is 0 Å². The van der Waals surface area contributed by atoms with E-state index < -0.39 is 0 Å². The fourth-order valence-electron chi connectivity index (χ4n) is 0.982. The van der Waals surface area contributed by atoms with Crippen LogP contribution < -0.4 is 0 Å². The summed E-state index contributed by atoms with van der Waals surface area (Å²) in [5.74, 6) is 1.52. The molecule has 0 aromatic heterocycles. The number of ether oxygens (including phenoxy) is 1. The van der Waals surface area contributed by atoms with Gasteiger partial charge in [-0.2, -0.15) is 0 Å². The lowest BCUT2D eigenvalue weighted by Gasteiger charge is -2.07. The molecule has 0 aliphatic rings. The van der Waals surface area contributed by atoms with Crippen LogP contribution in [-0.4, -0.2) is 4.74 Å². The highest BCUT2D eigenvalue weighted by Gasteiger charge is 2.00. The van der Waals surface area contributed by atoms with Crippen molar-refractivity contribution in [3.05, 3.63) is 36.9 Å². The molecule has 0 saturated heterocycles. The van der Waals surface area contributed by atoms with Gasteiger partial charge in [0.25, 0.3) is 0 Å². The van der Waals surface area contributed by atoms with Crippen LogP contribution in [0.4, 0.5) is 0 Å². The smallest absolute Gasteiger partial charge is 0.226 e. The third-order valence-electron chi connectivity index (χ3n) is 1.72. The lowest BCUT2D eigenvalue weighted by molar-refractivity contribution is 0.185. The van der Waals surface area contributed by atoms with E-state index in [9.17, 15) is 0 Å². The highest BCUT2D eigenvalue weighted by molar-refractivity contribution is 5.29. The molecule has 0 atom stereocenters. The molecule has 0 radical (unpaired) electrons. The molecule has 1 heteroatoms. The van der Waals surface area contributed by atoms with Crippen molar-refractivity contribution < 1.29 is 4.74 Å². The highest BCUT2D eigenvalue weighted by Crippen LogP contribution is 2.20. The van der Waals surface area contributed by atoms with E-state index in [0.29, 0.717) is 5.92 Å². The van der Waals surface area contributed by atoms with E-state index in [0.717, 1.165) is 5.75 Å². The van der Waals surface area contributed by atoms with E-state index in [-0.39, 0.29) is 0 Å². The third kappa shape index (κ3) is 1.97. The number of hydrogen-bond acceptors (Lipinski definition) is 0. The molecule has 0 bridgehead atoms. The molecule has 1 nitrogen and oxygen atoms in total. The molecule has 60 valence electrons. The van der Waals surface area contributed by atoms with E-state index >= 15 is 0 Å². The molecule has 1 aromatic carbocycles. The van der Waals surface area contributed by atoms with Crippen molar-refractivity contribution in [2.45, 2.75) is 19.8 Å². The summed E-state index contributed by atoms with van der Waals surface area (Å²) in [6.07, 6.45) is 0. The molecular formula is C10H14O. The van der Waals surface area contributed by atoms with E-state index in [1.165, 1.54) is 5.56 Å². The zero-order valence-corrected chi connectivity index (χ0v) is 7.04. The maximum absolute atomic E-state index is 3.86. The van der Waals surface area contributed by atoms with Crippen LogP contribution in [0, 0.1) is 7.11 Å². The van der Waals surface area contributed by atoms with Crippen LogP contribution in [0.15, 0.2) is 24.3 Å². The van der Waals surface area contributed by atoms with Gasteiger partial charge in [0.15, 0.2) is 0 Å². The first-order valence-corrected chi connectivity index (χ1v) is 3.80. The highest BCUT2D eigenvalue weighted by atomic mass is 16.5. The summed E-state index contributed by atoms with van der Waals surface area (Å²) in [6.45, 7) is 4.34. The minimum atomic E-state index is 0.566. The Morgan fingerprint density at radius 2 is 2.09 bits per heavy atom. The van der Waals surface area contributed by atoms with Crippen LogP contribution in [0.1, 0.15) is 25.3 Å². The zero-order valence-electron chi connectivity index (χ0n) is 7.04. The minimum Gasteiger partial charge on any atom is -0.722 e. The van der Waals surface area contributed by atoms with Crippen molar-refractivity contribution in [2.75, 3.05) is 0 Å². The molecule has 0 heterocycles. The number of aliphatic hydroxyl groups is 1. The number of benzene rings is 1. The Morgan fingerprint density at radius 1 is 1.36 bits per heavy atom. The normalized spacial score (nSPS) is 10.2. The molecular weight excluding hydrogens is 136 g/mol. The molecule has 0 spiro atoms. The molecule has 1 aromatic rings. The van der Waals surface area contributed by atoms with Gasteiger partial charge < -0.3 is 4.74 Å².